The van der Waals surface area contributed by atoms with Crippen molar-refractivity contribution in [2.45, 2.75) is 38.5 Å². The van der Waals surface area contributed by atoms with Gasteiger partial charge in [0.05, 0.1) is 25.5 Å². The molecule has 4 rings (SSSR count). The zero-order valence-corrected chi connectivity index (χ0v) is 20.2. The zero-order chi connectivity index (χ0) is 23.8. The summed E-state index contributed by atoms with van der Waals surface area (Å²) in [7, 11) is 0. The minimum absolute atomic E-state index is 0.0504. The Balaban J connectivity index is 1.18. The summed E-state index contributed by atoms with van der Waals surface area (Å²) in [5.41, 5.74) is 0. The van der Waals surface area contributed by atoms with Crippen LogP contribution in [0.4, 0.5) is 0 Å². The summed E-state index contributed by atoms with van der Waals surface area (Å²) in [6, 6.07) is 9.50. The monoisotopic (exact) mass is 470 g/mol. The summed E-state index contributed by atoms with van der Waals surface area (Å²) in [6.07, 6.45) is 5.43. The molecule has 3 saturated heterocycles. The molecule has 1 aromatic carbocycles. The van der Waals surface area contributed by atoms with Crippen LogP contribution in [0.2, 0.25) is 0 Å². The van der Waals surface area contributed by atoms with Gasteiger partial charge in [-0.1, -0.05) is 18.2 Å². The van der Waals surface area contributed by atoms with Gasteiger partial charge in [-0.2, -0.15) is 0 Å². The van der Waals surface area contributed by atoms with E-state index in [1.165, 1.54) is 6.42 Å². The number of carbonyl (C=O) groups is 3. The van der Waals surface area contributed by atoms with E-state index in [-0.39, 0.29) is 23.6 Å². The normalized spacial score (nSPS) is 21.9. The van der Waals surface area contributed by atoms with Gasteiger partial charge in [-0.3, -0.25) is 19.3 Å². The predicted octanol–water partition coefficient (Wildman–Crippen LogP) is 1.85. The van der Waals surface area contributed by atoms with Gasteiger partial charge in [-0.25, -0.2) is 0 Å². The third kappa shape index (κ3) is 6.72. The lowest BCUT2D eigenvalue weighted by molar-refractivity contribution is -0.142. The Bertz CT molecular complexity index is 819. The number of nitrogens with zero attached hydrogens (tertiary/aromatic N) is 4. The van der Waals surface area contributed by atoms with Gasteiger partial charge in [0.1, 0.15) is 5.75 Å². The Morgan fingerprint density at radius 2 is 1.47 bits per heavy atom. The average molecular weight is 471 g/mol. The van der Waals surface area contributed by atoms with Crippen LogP contribution in [0.15, 0.2) is 30.3 Å². The molecule has 3 fully saturated rings. The molecule has 1 atom stereocenters. The van der Waals surface area contributed by atoms with Crippen LogP contribution >= 0.6 is 0 Å². The highest BCUT2D eigenvalue weighted by Crippen LogP contribution is 2.21. The van der Waals surface area contributed by atoms with E-state index in [4.69, 9.17) is 4.74 Å². The van der Waals surface area contributed by atoms with Gasteiger partial charge < -0.3 is 19.4 Å². The Kier molecular flexibility index (Phi) is 8.79. The van der Waals surface area contributed by atoms with Crippen LogP contribution in [-0.4, -0.2) is 103 Å². The number of piperazine rings is 1. The molecule has 0 aromatic heterocycles. The molecule has 186 valence electrons. The molecule has 8 nitrogen and oxygen atoms in total. The van der Waals surface area contributed by atoms with E-state index in [2.05, 4.69) is 4.90 Å². The van der Waals surface area contributed by atoms with Gasteiger partial charge in [0, 0.05) is 52.4 Å². The van der Waals surface area contributed by atoms with Gasteiger partial charge in [-0.15, -0.1) is 0 Å². The third-order valence-corrected chi connectivity index (χ3v) is 7.20. The smallest absolute Gasteiger partial charge is 0.236 e. The largest absolute Gasteiger partial charge is 0.493 e. The van der Waals surface area contributed by atoms with Crippen molar-refractivity contribution in [3.63, 3.8) is 0 Å². The third-order valence-electron chi connectivity index (χ3n) is 7.20. The van der Waals surface area contributed by atoms with Crippen LogP contribution in [-0.2, 0) is 14.4 Å². The maximum Gasteiger partial charge on any atom is 0.236 e. The van der Waals surface area contributed by atoms with Crippen molar-refractivity contribution in [1.29, 1.82) is 0 Å². The lowest BCUT2D eigenvalue weighted by Gasteiger charge is -2.39. The van der Waals surface area contributed by atoms with E-state index < -0.39 is 0 Å². The molecule has 1 unspecified atom stereocenters. The molecule has 0 bridgehead atoms. The molecular weight excluding hydrogens is 432 g/mol. The zero-order valence-electron chi connectivity index (χ0n) is 20.2. The second-order valence-corrected chi connectivity index (χ2v) is 9.63. The van der Waals surface area contributed by atoms with E-state index in [1.54, 1.807) is 0 Å². The highest BCUT2D eigenvalue weighted by atomic mass is 16.5. The van der Waals surface area contributed by atoms with Crippen molar-refractivity contribution in [1.82, 2.24) is 19.6 Å². The Morgan fingerprint density at radius 3 is 2.21 bits per heavy atom. The molecule has 3 amide bonds. The SMILES string of the molecule is O=C(CN1CCN(C(=O)C2CCCN(C(=O)CCOc3ccccc3)C2)CC1)N1CCCCC1. The minimum atomic E-state index is -0.130. The van der Waals surface area contributed by atoms with Crippen LogP contribution < -0.4 is 4.74 Å². The van der Waals surface area contributed by atoms with Crippen molar-refractivity contribution < 1.29 is 19.1 Å². The first kappa shape index (κ1) is 24.5. The van der Waals surface area contributed by atoms with Crippen LogP contribution in [0.25, 0.3) is 0 Å². The van der Waals surface area contributed by atoms with E-state index >= 15 is 0 Å². The molecule has 3 aliphatic rings. The minimum Gasteiger partial charge on any atom is -0.493 e. The van der Waals surface area contributed by atoms with Gasteiger partial charge in [-0.05, 0) is 44.2 Å². The summed E-state index contributed by atoms with van der Waals surface area (Å²) < 4.78 is 5.66. The molecule has 3 aliphatic heterocycles. The predicted molar refractivity (Wildman–Crippen MR) is 129 cm³/mol. The van der Waals surface area contributed by atoms with Crippen molar-refractivity contribution in [2.24, 2.45) is 5.92 Å². The number of para-hydroxylation sites is 1. The van der Waals surface area contributed by atoms with Crippen LogP contribution in [0.3, 0.4) is 0 Å². The summed E-state index contributed by atoms with van der Waals surface area (Å²) >= 11 is 0. The maximum atomic E-state index is 13.2. The van der Waals surface area contributed by atoms with Crippen molar-refractivity contribution in [3.8, 4) is 5.75 Å². The standard InChI is InChI=1S/C26H38N4O4/c31-24(11-19-34-23-9-3-1-4-10-23)30-14-7-8-22(20-30)26(33)29-17-15-27(16-18-29)21-25(32)28-12-5-2-6-13-28/h1,3-4,9-10,22H,2,5-8,11-21H2. The summed E-state index contributed by atoms with van der Waals surface area (Å²) in [5.74, 6) is 1.06. The van der Waals surface area contributed by atoms with E-state index in [9.17, 15) is 14.4 Å². The number of ether oxygens (including phenoxy) is 1. The lowest BCUT2D eigenvalue weighted by atomic mass is 9.96. The molecule has 0 saturated carbocycles. The Hall–Kier alpha value is -2.61. The maximum absolute atomic E-state index is 13.2. The number of rotatable bonds is 7. The number of hydrogen-bond acceptors (Lipinski definition) is 5. The van der Waals surface area contributed by atoms with Crippen LogP contribution in [0, 0.1) is 5.92 Å². The van der Waals surface area contributed by atoms with Gasteiger partial charge >= 0.3 is 0 Å². The molecule has 0 N–H and O–H groups in total. The summed E-state index contributed by atoms with van der Waals surface area (Å²) in [5, 5.41) is 0. The molecule has 0 spiro atoms. The Morgan fingerprint density at radius 1 is 0.765 bits per heavy atom. The van der Waals surface area contributed by atoms with Crippen LogP contribution in [0.5, 0.6) is 5.75 Å². The van der Waals surface area contributed by atoms with E-state index in [0.717, 1.165) is 57.6 Å². The fourth-order valence-corrected chi connectivity index (χ4v) is 5.16. The van der Waals surface area contributed by atoms with E-state index in [0.29, 0.717) is 45.8 Å². The van der Waals surface area contributed by atoms with Gasteiger partial charge in [0.2, 0.25) is 17.7 Å². The first-order valence-corrected chi connectivity index (χ1v) is 12.8. The second kappa shape index (κ2) is 12.2. The fraction of sp³-hybridized carbons (Fsp3) is 0.654. The molecule has 0 aliphatic carbocycles. The number of amides is 3. The quantitative estimate of drug-likeness (QED) is 0.608. The van der Waals surface area contributed by atoms with Crippen LogP contribution in [0.1, 0.15) is 38.5 Å². The first-order valence-electron chi connectivity index (χ1n) is 12.8. The average Bonchev–Trinajstić information content (AvgIpc) is 2.90. The van der Waals surface area contributed by atoms with E-state index in [1.807, 2.05) is 45.0 Å². The number of piperidine rings is 2. The molecule has 3 heterocycles. The molecule has 0 radical (unpaired) electrons. The number of carbonyl (C=O) groups excluding carboxylic acids is 3. The highest BCUT2D eigenvalue weighted by Gasteiger charge is 2.33. The van der Waals surface area contributed by atoms with Gasteiger partial charge in [0.15, 0.2) is 0 Å². The van der Waals surface area contributed by atoms with Crippen molar-refractivity contribution >= 4 is 17.7 Å². The summed E-state index contributed by atoms with van der Waals surface area (Å²) in [6.45, 7) is 6.54. The number of hydrogen-bond donors (Lipinski definition) is 0. The topological polar surface area (TPSA) is 73.4 Å². The second-order valence-electron chi connectivity index (χ2n) is 9.63. The first-order chi connectivity index (χ1) is 16.6. The number of benzene rings is 1. The number of likely N-dealkylation sites (tertiary alicyclic amines) is 2. The fourth-order valence-electron chi connectivity index (χ4n) is 5.16. The summed E-state index contributed by atoms with van der Waals surface area (Å²) in [4.78, 5) is 46.3. The lowest BCUT2D eigenvalue weighted by Crippen LogP contribution is -2.54. The van der Waals surface area contributed by atoms with Gasteiger partial charge in [0.25, 0.3) is 0 Å². The van der Waals surface area contributed by atoms with Crippen molar-refractivity contribution in [3.05, 3.63) is 30.3 Å². The Labute approximate surface area is 202 Å². The molecular formula is C26H38N4O4. The molecule has 1 aromatic rings. The highest BCUT2D eigenvalue weighted by molar-refractivity contribution is 5.82. The van der Waals surface area contributed by atoms with Crippen molar-refractivity contribution in [2.75, 3.05) is 65.5 Å². The molecule has 34 heavy (non-hydrogen) atoms. The molecule has 8 heteroatoms.